The molecule has 7 aromatic carbocycles. The smallest absolute Gasteiger partial charge is 0.164 e. The molecule has 0 N–H and O–H groups in total. The van der Waals surface area contributed by atoms with E-state index in [9.17, 15) is 0 Å². The molecule has 0 spiro atoms. The number of nitrogens with zero attached hydrogens (tertiary/aromatic N) is 6. The predicted octanol–water partition coefficient (Wildman–Crippen LogP) is 11.9. The fraction of sp³-hybridized carbons (Fsp3) is 0. The first kappa shape index (κ1) is 31.0. The van der Waals surface area contributed by atoms with Crippen LogP contribution in [0.3, 0.4) is 0 Å². The van der Waals surface area contributed by atoms with Gasteiger partial charge in [-0.2, -0.15) is 0 Å². The summed E-state index contributed by atoms with van der Waals surface area (Å²) in [4.78, 5) is 25.3. The van der Waals surface area contributed by atoms with Gasteiger partial charge in [-0.3, -0.25) is 4.40 Å². The summed E-state index contributed by atoms with van der Waals surface area (Å²) in [6.07, 6.45) is 2.06. The quantitative estimate of drug-likeness (QED) is 0.179. The lowest BCUT2D eigenvalue weighted by molar-refractivity contribution is 1.08. The standard InChI is InChI=1S/C49H30N6/c1-3-11-37-29-39(26-20-31(37)9-1)48-52-47(53-49(54-48)40-27-21-32-10-2-4-12-38(32)30-40)36-24-18-34(19-25-36)33-16-22-35(23-17-33)44-46-45(41-13-5-6-14-42(41)50-44)51-43-15-7-8-28-55(43)46/h1-30H. The van der Waals surface area contributed by atoms with Gasteiger partial charge in [-0.05, 0) is 63.0 Å². The van der Waals surface area contributed by atoms with E-state index in [4.69, 9.17) is 24.9 Å². The highest BCUT2D eigenvalue weighted by molar-refractivity contribution is 6.09. The zero-order valence-electron chi connectivity index (χ0n) is 29.5. The molecule has 11 aromatic rings. The zero-order valence-corrected chi connectivity index (χ0v) is 29.5. The number of rotatable bonds is 5. The van der Waals surface area contributed by atoms with Crippen LogP contribution in [0.2, 0.25) is 0 Å². The highest BCUT2D eigenvalue weighted by Gasteiger charge is 2.17. The van der Waals surface area contributed by atoms with Crippen LogP contribution >= 0.6 is 0 Å². The van der Waals surface area contributed by atoms with Crippen molar-refractivity contribution in [2.45, 2.75) is 0 Å². The molecule has 55 heavy (non-hydrogen) atoms. The fourth-order valence-corrected chi connectivity index (χ4v) is 7.61. The molecule has 0 unspecified atom stereocenters. The lowest BCUT2D eigenvalue weighted by atomic mass is 10.0. The number of aromatic nitrogens is 6. The third-order valence-electron chi connectivity index (χ3n) is 10.4. The average Bonchev–Trinajstić information content (AvgIpc) is 3.66. The first-order valence-corrected chi connectivity index (χ1v) is 18.3. The highest BCUT2D eigenvalue weighted by atomic mass is 15.0. The molecule has 4 aromatic heterocycles. The number of hydrogen-bond acceptors (Lipinski definition) is 5. The second-order valence-corrected chi connectivity index (χ2v) is 13.8. The Kier molecular flexibility index (Phi) is 7.07. The summed E-state index contributed by atoms with van der Waals surface area (Å²) in [6, 6.07) is 60.8. The van der Waals surface area contributed by atoms with Crippen LogP contribution in [-0.4, -0.2) is 29.3 Å². The molecule has 256 valence electrons. The Morgan fingerprint density at radius 3 is 1.47 bits per heavy atom. The van der Waals surface area contributed by atoms with E-state index in [0.717, 1.165) is 77.4 Å². The van der Waals surface area contributed by atoms with Gasteiger partial charge in [0.25, 0.3) is 0 Å². The summed E-state index contributed by atoms with van der Waals surface area (Å²) in [5, 5.41) is 5.69. The molecule has 0 saturated heterocycles. The van der Waals surface area contributed by atoms with E-state index in [2.05, 4.69) is 156 Å². The van der Waals surface area contributed by atoms with Crippen LogP contribution in [0, 0.1) is 0 Å². The maximum atomic E-state index is 5.15. The number of para-hydroxylation sites is 1. The van der Waals surface area contributed by atoms with E-state index < -0.39 is 0 Å². The molecule has 6 heteroatoms. The Morgan fingerprint density at radius 1 is 0.345 bits per heavy atom. The molecular formula is C49H30N6. The Bertz CT molecular complexity index is 3160. The molecule has 0 aliphatic carbocycles. The topological polar surface area (TPSA) is 68.9 Å². The largest absolute Gasteiger partial charge is 0.298 e. The number of fused-ring (bicyclic) bond motifs is 7. The molecule has 0 amide bonds. The monoisotopic (exact) mass is 702 g/mol. The van der Waals surface area contributed by atoms with Gasteiger partial charge in [0, 0.05) is 33.8 Å². The third kappa shape index (κ3) is 5.39. The molecule has 0 aliphatic heterocycles. The molecule has 0 saturated carbocycles. The molecule has 4 heterocycles. The van der Waals surface area contributed by atoms with Crippen molar-refractivity contribution in [2.24, 2.45) is 0 Å². The number of pyridine rings is 2. The van der Waals surface area contributed by atoms with Gasteiger partial charge in [0.15, 0.2) is 17.5 Å². The van der Waals surface area contributed by atoms with Gasteiger partial charge in [-0.15, -0.1) is 0 Å². The minimum atomic E-state index is 0.627. The van der Waals surface area contributed by atoms with E-state index in [1.165, 1.54) is 10.8 Å². The van der Waals surface area contributed by atoms with Crippen LogP contribution in [0.4, 0.5) is 0 Å². The summed E-state index contributed by atoms with van der Waals surface area (Å²) < 4.78 is 2.13. The number of imidazole rings is 1. The van der Waals surface area contributed by atoms with Crippen LogP contribution < -0.4 is 0 Å². The summed E-state index contributed by atoms with van der Waals surface area (Å²) >= 11 is 0. The minimum Gasteiger partial charge on any atom is -0.298 e. The first-order chi connectivity index (χ1) is 27.2. The van der Waals surface area contributed by atoms with Gasteiger partial charge in [0.1, 0.15) is 11.2 Å². The Morgan fingerprint density at radius 2 is 0.836 bits per heavy atom. The fourth-order valence-electron chi connectivity index (χ4n) is 7.61. The van der Waals surface area contributed by atoms with Gasteiger partial charge in [-0.25, -0.2) is 24.9 Å². The van der Waals surface area contributed by atoms with Crippen LogP contribution in [0.15, 0.2) is 182 Å². The maximum Gasteiger partial charge on any atom is 0.164 e. The SMILES string of the molecule is c1ccc2cc(-c3nc(-c4ccc(-c5ccc(-c6nc7ccccc7c7nc8ccccn8c67)cc5)cc4)nc(-c4ccc5ccccc5c4)n3)ccc2c1. The minimum absolute atomic E-state index is 0.627. The molecule has 11 rings (SSSR count). The summed E-state index contributed by atoms with van der Waals surface area (Å²) in [7, 11) is 0. The first-order valence-electron chi connectivity index (χ1n) is 18.3. The van der Waals surface area contributed by atoms with E-state index in [1.807, 2.05) is 30.3 Å². The maximum absolute atomic E-state index is 5.15. The summed E-state index contributed by atoms with van der Waals surface area (Å²) in [6.45, 7) is 0. The van der Waals surface area contributed by atoms with Gasteiger partial charge in [-0.1, -0.05) is 146 Å². The van der Waals surface area contributed by atoms with Crippen molar-refractivity contribution in [2.75, 3.05) is 0 Å². The Hall–Kier alpha value is -7.57. The molecule has 0 atom stereocenters. The molecule has 0 radical (unpaired) electrons. The van der Waals surface area contributed by atoms with Gasteiger partial charge in [0.05, 0.1) is 16.7 Å². The molecule has 0 bridgehead atoms. The number of hydrogen-bond donors (Lipinski definition) is 0. The van der Waals surface area contributed by atoms with Crippen molar-refractivity contribution in [3.8, 4) is 56.5 Å². The molecule has 6 nitrogen and oxygen atoms in total. The second-order valence-electron chi connectivity index (χ2n) is 13.8. The zero-order chi connectivity index (χ0) is 36.3. The van der Waals surface area contributed by atoms with Gasteiger partial charge in [0.2, 0.25) is 0 Å². The van der Waals surface area contributed by atoms with Crippen LogP contribution in [0.5, 0.6) is 0 Å². The van der Waals surface area contributed by atoms with Gasteiger partial charge >= 0.3 is 0 Å². The van der Waals surface area contributed by atoms with E-state index in [1.54, 1.807) is 0 Å². The van der Waals surface area contributed by atoms with E-state index >= 15 is 0 Å². The molecule has 0 aliphatic rings. The highest BCUT2D eigenvalue weighted by Crippen LogP contribution is 2.35. The summed E-state index contributed by atoms with van der Waals surface area (Å²) in [5.41, 5.74) is 10.8. The average molecular weight is 703 g/mol. The Labute approximate surface area is 316 Å². The third-order valence-corrected chi connectivity index (χ3v) is 10.4. The summed E-state index contributed by atoms with van der Waals surface area (Å²) in [5.74, 6) is 1.91. The van der Waals surface area contributed by atoms with Crippen molar-refractivity contribution < 1.29 is 0 Å². The lowest BCUT2D eigenvalue weighted by Gasteiger charge is -2.11. The van der Waals surface area contributed by atoms with Crippen molar-refractivity contribution in [3.05, 3.63) is 182 Å². The van der Waals surface area contributed by atoms with Crippen LogP contribution in [-0.2, 0) is 0 Å². The molecular weight excluding hydrogens is 673 g/mol. The normalized spacial score (nSPS) is 11.6. The van der Waals surface area contributed by atoms with Crippen molar-refractivity contribution in [3.63, 3.8) is 0 Å². The predicted molar refractivity (Wildman–Crippen MR) is 224 cm³/mol. The Balaban J connectivity index is 0.973. The van der Waals surface area contributed by atoms with Crippen molar-refractivity contribution in [1.82, 2.24) is 29.3 Å². The van der Waals surface area contributed by atoms with Crippen LogP contribution in [0.1, 0.15) is 0 Å². The van der Waals surface area contributed by atoms with Crippen molar-refractivity contribution >= 4 is 49.1 Å². The van der Waals surface area contributed by atoms with Gasteiger partial charge < -0.3 is 0 Å². The molecule has 0 fully saturated rings. The van der Waals surface area contributed by atoms with E-state index in [-0.39, 0.29) is 0 Å². The number of benzene rings is 7. The second kappa shape index (κ2) is 12.5. The van der Waals surface area contributed by atoms with E-state index in [0.29, 0.717) is 17.5 Å². The van der Waals surface area contributed by atoms with Crippen LogP contribution in [0.25, 0.3) is 106 Å². The lowest BCUT2D eigenvalue weighted by Crippen LogP contribution is -2.00. The van der Waals surface area contributed by atoms with Crippen molar-refractivity contribution in [1.29, 1.82) is 0 Å².